The number of hydrogen-bond donors (Lipinski definition) is 2. The Morgan fingerprint density at radius 1 is 1.23 bits per heavy atom. The Morgan fingerprint density at radius 2 is 1.90 bits per heavy atom. The van der Waals surface area contributed by atoms with Crippen molar-refractivity contribution in [1.82, 2.24) is 15.3 Å². The first-order valence-corrected chi connectivity index (χ1v) is 9.17. The number of carboxylic acid groups (broad SMARTS) is 1. The molecule has 0 amide bonds. The monoisotopic (exact) mass is 457 g/mol. The zero-order valence-corrected chi connectivity index (χ0v) is 16.6. The summed E-state index contributed by atoms with van der Waals surface area (Å²) in [4.78, 5) is 16.6. The van der Waals surface area contributed by atoms with Gasteiger partial charge in [0.15, 0.2) is 0 Å². The predicted octanol–water partition coefficient (Wildman–Crippen LogP) is 4.91. The summed E-state index contributed by atoms with van der Waals surface area (Å²) in [5, 5.41) is 13.8. The summed E-state index contributed by atoms with van der Waals surface area (Å²) in [6, 6.07) is 6.25. The van der Waals surface area contributed by atoms with Crippen molar-refractivity contribution in [2.75, 3.05) is 0 Å². The van der Waals surface area contributed by atoms with Gasteiger partial charge in [-0.15, -0.1) is 0 Å². The van der Waals surface area contributed by atoms with E-state index in [-0.39, 0.29) is 32.4 Å². The van der Waals surface area contributed by atoms with Gasteiger partial charge in [0.05, 0.1) is 23.0 Å². The van der Waals surface area contributed by atoms with Gasteiger partial charge in [-0.1, -0.05) is 29.3 Å². The minimum absolute atomic E-state index is 0.00152. The van der Waals surface area contributed by atoms with Crippen LogP contribution >= 0.6 is 23.2 Å². The molecule has 0 saturated heterocycles. The van der Waals surface area contributed by atoms with E-state index >= 15 is 0 Å². The van der Waals surface area contributed by atoms with Crippen molar-refractivity contribution in [3.8, 4) is 0 Å². The third-order valence-electron chi connectivity index (χ3n) is 4.80. The van der Waals surface area contributed by atoms with Crippen molar-refractivity contribution < 1.29 is 27.9 Å². The van der Waals surface area contributed by atoms with Crippen LogP contribution in [0.25, 0.3) is 16.6 Å². The Kier molecular flexibility index (Phi) is 4.72. The first kappa shape index (κ1) is 20.5. The molecule has 1 atom stereocenters. The highest BCUT2D eigenvalue weighted by atomic mass is 35.5. The molecule has 2 N–H and O–H groups in total. The Balaban J connectivity index is 1.94. The molecule has 2 heterocycles. The molecule has 0 spiro atoms. The van der Waals surface area contributed by atoms with E-state index in [1.807, 2.05) is 0 Å². The third-order valence-corrected chi connectivity index (χ3v) is 5.24. The highest BCUT2D eigenvalue weighted by Crippen LogP contribution is 2.48. The average Bonchev–Trinajstić information content (AvgIpc) is 3.25. The normalized spacial score (nSPS) is 19.1. The van der Waals surface area contributed by atoms with Crippen molar-refractivity contribution >= 4 is 45.8 Å². The van der Waals surface area contributed by atoms with E-state index in [4.69, 9.17) is 28.0 Å². The van der Waals surface area contributed by atoms with Crippen LogP contribution in [-0.4, -0.2) is 27.0 Å². The lowest BCUT2D eigenvalue weighted by molar-refractivity contribution is -0.269. The summed E-state index contributed by atoms with van der Waals surface area (Å²) >= 11 is 11.8. The molecular formula is C19H12Cl2F3N3O3. The molecule has 1 aliphatic heterocycles. The molecule has 3 aromatic rings. The number of halogens is 5. The molecule has 0 aliphatic carbocycles. The lowest BCUT2D eigenvalue weighted by atomic mass is 9.91. The smallest absolute Gasteiger partial charge is 0.428 e. The fourth-order valence-corrected chi connectivity index (χ4v) is 3.97. The molecule has 30 heavy (non-hydrogen) atoms. The molecule has 1 unspecified atom stereocenters. The molecule has 6 nitrogen and oxygen atoms in total. The molecule has 156 valence electrons. The van der Waals surface area contributed by atoms with Gasteiger partial charge in [-0.3, -0.25) is 15.0 Å². The lowest BCUT2D eigenvalue weighted by Crippen LogP contribution is -2.42. The number of alkyl halides is 3. The second kappa shape index (κ2) is 6.90. The van der Waals surface area contributed by atoms with Crippen LogP contribution < -0.4 is 5.48 Å². The molecule has 4 rings (SSSR count). The molecular weight excluding hydrogens is 446 g/mol. The molecule has 2 aromatic carbocycles. The van der Waals surface area contributed by atoms with Gasteiger partial charge < -0.3 is 5.11 Å². The number of nitrogens with zero attached hydrogens (tertiary/aromatic N) is 2. The summed E-state index contributed by atoms with van der Waals surface area (Å²) in [6.45, 7) is 0. The number of hydrogen-bond acceptors (Lipinski definition) is 4. The van der Waals surface area contributed by atoms with E-state index in [1.54, 1.807) is 7.05 Å². The zero-order chi connectivity index (χ0) is 21.8. The topological polar surface area (TPSA) is 76.4 Å². The van der Waals surface area contributed by atoms with Gasteiger partial charge in [0.2, 0.25) is 5.60 Å². The second-order valence-electron chi connectivity index (χ2n) is 6.65. The van der Waals surface area contributed by atoms with Gasteiger partial charge in [0, 0.05) is 33.6 Å². The van der Waals surface area contributed by atoms with Crippen LogP contribution in [0.3, 0.4) is 0 Å². The number of carbonyl (C=O) groups is 1. The predicted molar refractivity (Wildman–Crippen MR) is 104 cm³/mol. The van der Waals surface area contributed by atoms with Crippen LogP contribution in [0.4, 0.5) is 13.2 Å². The Morgan fingerprint density at radius 3 is 2.50 bits per heavy atom. The molecule has 1 aromatic heterocycles. The van der Waals surface area contributed by atoms with Crippen molar-refractivity contribution in [2.45, 2.75) is 11.8 Å². The molecule has 11 heteroatoms. The van der Waals surface area contributed by atoms with Crippen molar-refractivity contribution in [1.29, 1.82) is 0 Å². The van der Waals surface area contributed by atoms with Crippen molar-refractivity contribution in [2.24, 2.45) is 7.05 Å². The van der Waals surface area contributed by atoms with E-state index in [1.165, 1.54) is 29.1 Å². The maximum Gasteiger partial charge on any atom is 0.428 e. The quantitative estimate of drug-likeness (QED) is 0.584. The fourth-order valence-electron chi connectivity index (χ4n) is 3.44. The standard InChI is InChI=1S/C19H12Cl2F3N3O3/c1-27-16-13(17(28)29)3-2-12(14(16)8-25-27)15-7-18(30-26-15,19(22,23)24)9-4-10(20)6-11(21)5-9/h2-8,26H,1H3,(H,28,29). The number of fused-ring (bicyclic) bond motifs is 1. The number of aromatic carboxylic acids is 1. The number of rotatable bonds is 3. The largest absolute Gasteiger partial charge is 0.478 e. The van der Waals surface area contributed by atoms with Crippen LogP contribution in [-0.2, 0) is 17.5 Å². The van der Waals surface area contributed by atoms with Gasteiger partial charge in [0.1, 0.15) is 0 Å². The van der Waals surface area contributed by atoms with Gasteiger partial charge in [-0.05, 0) is 30.3 Å². The summed E-state index contributed by atoms with van der Waals surface area (Å²) in [5.74, 6) is -1.18. The van der Waals surface area contributed by atoms with Crippen LogP contribution in [0.1, 0.15) is 21.5 Å². The van der Waals surface area contributed by atoms with Gasteiger partial charge >= 0.3 is 12.1 Å². The highest BCUT2D eigenvalue weighted by molar-refractivity contribution is 6.34. The average molecular weight is 458 g/mol. The van der Waals surface area contributed by atoms with Crippen molar-refractivity contribution in [3.63, 3.8) is 0 Å². The number of aryl methyl sites for hydroxylation is 1. The van der Waals surface area contributed by atoms with Crippen molar-refractivity contribution in [3.05, 3.63) is 69.3 Å². The number of carboxylic acids is 1. The van der Waals surface area contributed by atoms with Crippen LogP contribution in [0, 0.1) is 0 Å². The first-order chi connectivity index (χ1) is 14.0. The SMILES string of the molecule is Cn1ncc2c(C3=CC(c4cc(Cl)cc(Cl)c4)(C(F)(F)F)ON3)ccc(C(=O)O)c21. The third kappa shape index (κ3) is 3.10. The first-order valence-electron chi connectivity index (χ1n) is 8.42. The molecule has 0 saturated carbocycles. The van der Waals surface area contributed by atoms with E-state index in [0.29, 0.717) is 10.9 Å². The molecule has 0 radical (unpaired) electrons. The number of nitrogens with one attached hydrogen (secondary N) is 1. The summed E-state index contributed by atoms with van der Waals surface area (Å²) < 4.78 is 43.8. The van der Waals surface area contributed by atoms with E-state index < -0.39 is 17.7 Å². The lowest BCUT2D eigenvalue weighted by Gasteiger charge is -2.28. The Labute approximate surface area is 177 Å². The Bertz CT molecular complexity index is 1200. The maximum absolute atomic E-state index is 14.2. The molecule has 0 bridgehead atoms. The summed E-state index contributed by atoms with van der Waals surface area (Å²) in [5.41, 5.74) is -0.304. The summed E-state index contributed by atoms with van der Waals surface area (Å²) in [7, 11) is 1.54. The number of aromatic nitrogens is 2. The molecule has 1 aliphatic rings. The highest BCUT2D eigenvalue weighted by Gasteiger charge is 2.59. The zero-order valence-electron chi connectivity index (χ0n) is 15.1. The second-order valence-corrected chi connectivity index (χ2v) is 7.52. The fraction of sp³-hybridized carbons (Fsp3) is 0.158. The van der Waals surface area contributed by atoms with Gasteiger partial charge in [0.25, 0.3) is 0 Å². The van der Waals surface area contributed by atoms with Gasteiger partial charge in [-0.2, -0.15) is 18.3 Å². The molecule has 0 fully saturated rings. The van der Waals surface area contributed by atoms with E-state index in [2.05, 4.69) is 10.6 Å². The van der Waals surface area contributed by atoms with Gasteiger partial charge in [-0.25, -0.2) is 4.79 Å². The number of benzene rings is 2. The summed E-state index contributed by atoms with van der Waals surface area (Å²) in [6.07, 6.45) is -2.61. The van der Waals surface area contributed by atoms with Crippen LogP contribution in [0.2, 0.25) is 10.0 Å². The maximum atomic E-state index is 14.2. The van der Waals surface area contributed by atoms with E-state index in [9.17, 15) is 23.1 Å². The number of hydroxylamine groups is 1. The van der Waals surface area contributed by atoms with Crippen LogP contribution in [0.5, 0.6) is 0 Å². The Hall–Kier alpha value is -2.75. The van der Waals surface area contributed by atoms with E-state index in [0.717, 1.165) is 18.2 Å². The minimum Gasteiger partial charge on any atom is -0.478 e. The minimum atomic E-state index is -4.86. The van der Waals surface area contributed by atoms with Crippen LogP contribution in [0.15, 0.2) is 42.6 Å².